The van der Waals surface area contributed by atoms with Crippen LogP contribution in [0, 0.1) is 55.4 Å². The first-order chi connectivity index (χ1) is 54.8. The molecular weight excluding hydrogens is 1480 g/mol. The molecule has 6 nitrogen and oxygen atoms in total. The molecule has 12 aromatic carbocycles. The quantitative estimate of drug-likeness (QED) is 0.151. The number of fused-ring (bicyclic) bond motifs is 24. The van der Waals surface area contributed by atoms with E-state index in [9.17, 15) is 0 Å². The van der Waals surface area contributed by atoms with Crippen LogP contribution in [0.15, 0.2) is 325 Å². The first-order valence-corrected chi connectivity index (χ1v) is 42.2. The molecule has 0 amide bonds. The predicted octanol–water partition coefficient (Wildman–Crippen LogP) is 31.5. The SMILES string of the molecule is Cc1ccc2c(c1)sc1ccccc12.Cc1ccc2c(c1)sc1ncccc12.Cc1ccc2oc3ncccc3c2c1.Cc1ccc2sc3ccccc3c2c1.Cc1cccc2c1sc1ccccc12.Cc1cccc2c1sc1ncccc12.Cc1cccc2oc3ncccc3c12.Cc1cccc2sc3ccccc3c12. The minimum atomic E-state index is 0.716. The summed E-state index contributed by atoms with van der Waals surface area (Å²) in [6.07, 6.45) is 7.20. The molecule has 12 heterocycles. The number of thiophene rings is 6. The minimum Gasteiger partial charge on any atom is -0.438 e. The smallest absolute Gasteiger partial charge is 0.227 e. The van der Waals surface area contributed by atoms with Gasteiger partial charge in [0.05, 0.1) is 0 Å². The van der Waals surface area contributed by atoms with E-state index in [-0.39, 0.29) is 0 Å². The topological polar surface area (TPSA) is 77.8 Å². The van der Waals surface area contributed by atoms with Crippen LogP contribution < -0.4 is 0 Å². The van der Waals surface area contributed by atoms with E-state index in [0.29, 0.717) is 5.71 Å². The van der Waals surface area contributed by atoms with Crippen LogP contribution in [0.25, 0.3) is 165 Å². The summed E-state index contributed by atoms with van der Waals surface area (Å²) in [5.41, 5.74) is 13.8. The predicted molar refractivity (Wildman–Crippen MR) is 493 cm³/mol. The lowest BCUT2D eigenvalue weighted by Gasteiger charge is -1.95. The van der Waals surface area contributed by atoms with Crippen molar-refractivity contribution in [2.75, 3.05) is 0 Å². The third-order valence-electron chi connectivity index (χ3n) is 20.0. The van der Waals surface area contributed by atoms with Crippen LogP contribution in [-0.2, 0) is 0 Å². The summed E-state index contributed by atoms with van der Waals surface area (Å²) in [5.74, 6) is 0. The van der Waals surface area contributed by atoms with Gasteiger partial charge in [0.15, 0.2) is 0 Å². The molecular formula is C100H76N4O2S6. The van der Waals surface area contributed by atoms with E-state index in [1.165, 1.54) is 162 Å². The average Bonchev–Trinajstić information content (AvgIpc) is 1.64. The first kappa shape index (κ1) is 73.0. The first-order valence-electron chi connectivity index (χ1n) is 37.3. The third-order valence-corrected chi connectivity index (χ3v) is 27.1. The molecule has 24 rings (SSSR count). The van der Waals surface area contributed by atoms with Gasteiger partial charge in [-0.3, -0.25) is 0 Å². The minimum absolute atomic E-state index is 0.716. The molecule has 544 valence electrons. The van der Waals surface area contributed by atoms with Crippen LogP contribution in [0.4, 0.5) is 0 Å². The van der Waals surface area contributed by atoms with Crippen molar-refractivity contribution in [2.45, 2.75) is 55.4 Å². The molecule has 0 N–H and O–H groups in total. The van der Waals surface area contributed by atoms with Crippen LogP contribution in [-0.4, -0.2) is 19.9 Å². The van der Waals surface area contributed by atoms with Crippen LogP contribution in [0.2, 0.25) is 0 Å². The molecule has 24 aromatic rings. The monoisotopic (exact) mass is 1560 g/mol. The van der Waals surface area contributed by atoms with Gasteiger partial charge in [0.25, 0.3) is 0 Å². The number of furan rings is 2. The standard InChI is InChI=1S/4C13H10S.2C12H9NO.2C12H9NS/c1-9-5-4-7-11-10-6-2-3-8-12(10)14-13(9)11;1-9-5-4-8-12-13(9)10-6-2-3-7-11(10)14-12;1-9-6-7-13-11(8-9)10-4-2-3-5-12(10)14-13;1-9-6-7-11-10-4-2-3-5-12(10)14-13(11)8-9;1-8-4-2-6-10-11(8)9-5-3-7-13-12(9)14-10;1-8-4-5-11-10(7-8)9-3-2-6-13-12(9)14-11;1-8-4-2-5-9-10-6-3-7-13-12(10)14-11(8)9;1-8-4-5-9-10-3-2-6-13-12(10)14-11(9)7-8/h4*2-8H,1H3;4*2-7H,1H3. The lowest BCUT2D eigenvalue weighted by Crippen LogP contribution is -1.73. The van der Waals surface area contributed by atoms with Gasteiger partial charge >= 0.3 is 0 Å². The Bertz CT molecular complexity index is 7050. The molecule has 112 heavy (non-hydrogen) atoms. The highest BCUT2D eigenvalue weighted by molar-refractivity contribution is 7.27. The summed E-state index contributed by atoms with van der Waals surface area (Å²) in [5, 5.41) is 20.9. The number of hydrogen-bond donors (Lipinski definition) is 0. The van der Waals surface area contributed by atoms with Gasteiger partial charge in [0, 0.05) is 158 Å². The van der Waals surface area contributed by atoms with Crippen molar-refractivity contribution in [3.05, 3.63) is 360 Å². The summed E-state index contributed by atoms with van der Waals surface area (Å²) in [6, 6.07) is 102. The van der Waals surface area contributed by atoms with E-state index in [1.54, 1.807) is 35.1 Å². The number of rotatable bonds is 0. The van der Waals surface area contributed by atoms with Crippen LogP contribution in [0.3, 0.4) is 0 Å². The Morgan fingerprint density at radius 2 is 0.580 bits per heavy atom. The van der Waals surface area contributed by atoms with Crippen molar-refractivity contribution >= 4 is 233 Å². The number of nitrogens with zero attached hydrogens (tertiary/aromatic N) is 4. The highest BCUT2D eigenvalue weighted by Gasteiger charge is 2.13. The van der Waals surface area contributed by atoms with Crippen LogP contribution in [0.5, 0.6) is 0 Å². The Morgan fingerprint density at radius 1 is 0.205 bits per heavy atom. The van der Waals surface area contributed by atoms with Crippen molar-refractivity contribution in [1.82, 2.24) is 19.9 Å². The van der Waals surface area contributed by atoms with Crippen molar-refractivity contribution in [3.8, 4) is 0 Å². The Labute approximate surface area is 672 Å². The maximum Gasteiger partial charge on any atom is 0.227 e. The highest BCUT2D eigenvalue weighted by Crippen LogP contribution is 2.41. The molecule has 0 bridgehead atoms. The second-order valence-corrected chi connectivity index (χ2v) is 34.4. The number of aromatic nitrogens is 4. The Kier molecular flexibility index (Phi) is 21.0. The molecule has 0 aliphatic carbocycles. The summed E-state index contributed by atoms with van der Waals surface area (Å²) in [6.45, 7) is 17.1. The molecule has 12 heteroatoms. The summed E-state index contributed by atoms with van der Waals surface area (Å²) in [7, 11) is 0. The third kappa shape index (κ3) is 15.0. The zero-order valence-corrected chi connectivity index (χ0v) is 68.0. The molecule has 0 saturated carbocycles. The maximum absolute atomic E-state index is 5.62. The highest BCUT2D eigenvalue weighted by atomic mass is 32.1. The van der Waals surface area contributed by atoms with E-state index in [1.807, 2.05) is 118 Å². The normalized spacial score (nSPS) is 11.2. The Morgan fingerprint density at radius 3 is 1.24 bits per heavy atom. The fourth-order valence-corrected chi connectivity index (χ4v) is 21.5. The molecule has 0 fully saturated rings. The molecule has 0 spiro atoms. The zero-order valence-electron chi connectivity index (χ0n) is 63.1. The second-order valence-electron chi connectivity index (χ2n) is 28.0. The van der Waals surface area contributed by atoms with Gasteiger partial charge < -0.3 is 8.83 Å². The van der Waals surface area contributed by atoms with Gasteiger partial charge in [-0.15, -0.1) is 68.0 Å². The Hall–Kier alpha value is -11.8. The number of benzene rings is 12. The van der Waals surface area contributed by atoms with Gasteiger partial charge in [0.1, 0.15) is 20.8 Å². The summed E-state index contributed by atoms with van der Waals surface area (Å²) >= 11 is 11.1. The van der Waals surface area contributed by atoms with Gasteiger partial charge in [-0.2, -0.15) is 0 Å². The molecule has 0 aliphatic rings. The van der Waals surface area contributed by atoms with E-state index in [0.717, 1.165) is 42.7 Å². The average molecular weight is 1560 g/mol. The van der Waals surface area contributed by atoms with E-state index < -0.39 is 0 Å². The zero-order chi connectivity index (χ0) is 76.3. The van der Waals surface area contributed by atoms with Gasteiger partial charge in [-0.05, 0) is 210 Å². The molecule has 12 aromatic heterocycles. The maximum atomic E-state index is 5.62. The molecule has 0 unspecified atom stereocenters. The molecule has 0 atom stereocenters. The summed E-state index contributed by atoms with van der Waals surface area (Å²) in [4.78, 5) is 19.4. The number of aryl methyl sites for hydroxylation is 8. The van der Waals surface area contributed by atoms with Gasteiger partial charge in [-0.1, -0.05) is 181 Å². The van der Waals surface area contributed by atoms with Gasteiger partial charge in [0.2, 0.25) is 11.4 Å². The van der Waals surface area contributed by atoms with Crippen molar-refractivity contribution in [1.29, 1.82) is 0 Å². The molecule has 0 radical (unpaired) electrons. The fraction of sp³-hybridized carbons (Fsp3) is 0.0800. The number of pyridine rings is 4. The van der Waals surface area contributed by atoms with E-state index in [4.69, 9.17) is 8.83 Å². The van der Waals surface area contributed by atoms with E-state index in [2.05, 4.69) is 306 Å². The van der Waals surface area contributed by atoms with Crippen molar-refractivity contribution in [2.24, 2.45) is 0 Å². The lowest BCUT2D eigenvalue weighted by molar-refractivity contribution is 0.653. The van der Waals surface area contributed by atoms with Crippen LogP contribution in [0.1, 0.15) is 44.5 Å². The fourth-order valence-electron chi connectivity index (χ4n) is 14.6. The lowest BCUT2D eigenvalue weighted by atomic mass is 10.1. The largest absolute Gasteiger partial charge is 0.438 e. The molecule has 0 saturated heterocycles. The van der Waals surface area contributed by atoms with Crippen molar-refractivity contribution in [3.63, 3.8) is 0 Å². The van der Waals surface area contributed by atoms with Crippen molar-refractivity contribution < 1.29 is 8.83 Å². The van der Waals surface area contributed by atoms with E-state index >= 15 is 0 Å². The summed E-state index contributed by atoms with van der Waals surface area (Å²) < 4.78 is 25.0. The van der Waals surface area contributed by atoms with Gasteiger partial charge in [-0.25, -0.2) is 19.9 Å². The number of hydrogen-bond acceptors (Lipinski definition) is 12. The van der Waals surface area contributed by atoms with Crippen LogP contribution >= 0.6 is 68.0 Å². The molecule has 0 aliphatic heterocycles. The second kappa shape index (κ2) is 32.2. The Balaban J connectivity index is 0.0000000929.